The van der Waals surface area contributed by atoms with Gasteiger partial charge in [-0.15, -0.1) is 11.3 Å². The Morgan fingerprint density at radius 3 is 2.67 bits per heavy atom. The van der Waals surface area contributed by atoms with Gasteiger partial charge in [0.2, 0.25) is 5.88 Å². The maximum atomic E-state index is 10.8. The maximum absolute atomic E-state index is 10.8. The topological polar surface area (TPSA) is 81.5 Å². The molecule has 0 amide bonds. The minimum atomic E-state index is -0.959. The van der Waals surface area contributed by atoms with Gasteiger partial charge in [-0.25, -0.2) is 9.78 Å². The molecule has 2 aromatic rings. The minimum absolute atomic E-state index is 0.200. The van der Waals surface area contributed by atoms with Crippen molar-refractivity contribution in [2.75, 3.05) is 14.2 Å². The first kappa shape index (κ1) is 12.3. The number of carbonyl (C=O) groups is 1. The zero-order valence-corrected chi connectivity index (χ0v) is 10.5. The Morgan fingerprint density at radius 2 is 2.11 bits per heavy atom. The third kappa shape index (κ3) is 2.25. The highest BCUT2D eigenvalue weighted by Gasteiger charge is 2.14. The summed E-state index contributed by atoms with van der Waals surface area (Å²) in [7, 11) is 2.94. The van der Waals surface area contributed by atoms with E-state index < -0.39 is 5.97 Å². The van der Waals surface area contributed by atoms with Crippen LogP contribution in [0.5, 0.6) is 11.9 Å². The van der Waals surface area contributed by atoms with Crippen molar-refractivity contribution in [2.45, 2.75) is 0 Å². The molecule has 7 heteroatoms. The van der Waals surface area contributed by atoms with Gasteiger partial charge >= 0.3 is 12.0 Å². The van der Waals surface area contributed by atoms with Crippen LogP contribution in [-0.2, 0) is 0 Å². The van der Waals surface area contributed by atoms with E-state index >= 15 is 0 Å². The molecule has 0 aliphatic rings. The van der Waals surface area contributed by atoms with Crippen LogP contribution in [0.25, 0.3) is 10.4 Å². The maximum Gasteiger partial charge on any atom is 0.345 e. The molecule has 0 aromatic carbocycles. The summed E-state index contributed by atoms with van der Waals surface area (Å²) in [6, 6.07) is 3.43. The first-order valence-electron chi connectivity index (χ1n) is 4.94. The Balaban J connectivity index is 2.45. The van der Waals surface area contributed by atoms with Gasteiger partial charge in [-0.05, 0) is 12.1 Å². The van der Waals surface area contributed by atoms with E-state index in [1.165, 1.54) is 20.3 Å². The second kappa shape index (κ2) is 5.01. The smallest absolute Gasteiger partial charge is 0.345 e. The van der Waals surface area contributed by atoms with E-state index in [9.17, 15) is 4.79 Å². The van der Waals surface area contributed by atoms with Crippen LogP contribution < -0.4 is 9.47 Å². The molecule has 18 heavy (non-hydrogen) atoms. The highest BCUT2D eigenvalue weighted by molar-refractivity contribution is 7.17. The van der Waals surface area contributed by atoms with Gasteiger partial charge in [-0.3, -0.25) is 0 Å². The predicted molar refractivity (Wildman–Crippen MR) is 65.4 cm³/mol. The van der Waals surface area contributed by atoms with Crippen LogP contribution in [0.15, 0.2) is 18.3 Å². The number of rotatable bonds is 4. The molecule has 0 aliphatic carbocycles. The van der Waals surface area contributed by atoms with E-state index in [4.69, 9.17) is 14.6 Å². The van der Waals surface area contributed by atoms with Crippen LogP contribution in [0.1, 0.15) is 9.67 Å². The molecule has 0 fully saturated rings. The van der Waals surface area contributed by atoms with Crippen molar-refractivity contribution < 1.29 is 19.4 Å². The Hall–Kier alpha value is -2.15. The van der Waals surface area contributed by atoms with Crippen molar-refractivity contribution in [1.82, 2.24) is 9.97 Å². The lowest BCUT2D eigenvalue weighted by molar-refractivity contribution is 0.0702. The largest absolute Gasteiger partial charge is 0.480 e. The summed E-state index contributed by atoms with van der Waals surface area (Å²) in [4.78, 5) is 19.8. The van der Waals surface area contributed by atoms with Crippen molar-refractivity contribution >= 4 is 17.3 Å². The molecule has 0 aliphatic heterocycles. The van der Waals surface area contributed by atoms with Gasteiger partial charge in [0, 0.05) is 11.1 Å². The molecule has 0 unspecified atom stereocenters. The highest BCUT2D eigenvalue weighted by Crippen LogP contribution is 2.34. The number of methoxy groups -OCH3 is 2. The molecule has 0 atom stereocenters. The molecule has 1 N–H and O–H groups in total. The summed E-state index contributed by atoms with van der Waals surface area (Å²) in [5, 5.41) is 8.88. The van der Waals surface area contributed by atoms with Gasteiger partial charge in [-0.1, -0.05) is 0 Å². The SMILES string of the molecule is COc1ncc(-c2ccc(C(=O)O)s2)c(OC)n1. The monoisotopic (exact) mass is 266 g/mol. The number of aromatic nitrogens is 2. The Morgan fingerprint density at radius 1 is 1.33 bits per heavy atom. The summed E-state index contributed by atoms with van der Waals surface area (Å²) >= 11 is 1.14. The van der Waals surface area contributed by atoms with Crippen LogP contribution in [0.2, 0.25) is 0 Å². The van der Waals surface area contributed by atoms with Crippen LogP contribution in [0.4, 0.5) is 0 Å². The lowest BCUT2D eigenvalue weighted by Crippen LogP contribution is -1.96. The number of hydrogen-bond acceptors (Lipinski definition) is 6. The van der Waals surface area contributed by atoms with Crippen molar-refractivity contribution in [1.29, 1.82) is 0 Å². The molecule has 6 nitrogen and oxygen atoms in total. The van der Waals surface area contributed by atoms with Crippen molar-refractivity contribution in [3.8, 4) is 22.3 Å². The Kier molecular flexibility index (Phi) is 3.42. The summed E-state index contributed by atoms with van der Waals surface area (Å²) in [5.41, 5.74) is 0.635. The van der Waals surface area contributed by atoms with Crippen LogP contribution in [0.3, 0.4) is 0 Å². The van der Waals surface area contributed by atoms with E-state index in [-0.39, 0.29) is 10.9 Å². The molecular formula is C11H10N2O4S. The van der Waals surface area contributed by atoms with Gasteiger partial charge in [-0.2, -0.15) is 4.98 Å². The van der Waals surface area contributed by atoms with E-state index in [0.717, 1.165) is 16.2 Å². The van der Waals surface area contributed by atoms with E-state index in [0.29, 0.717) is 11.4 Å². The second-order valence-corrected chi connectivity index (χ2v) is 4.33. The molecule has 0 spiro atoms. The first-order valence-corrected chi connectivity index (χ1v) is 5.76. The fraction of sp³-hybridized carbons (Fsp3) is 0.182. The molecule has 0 bridgehead atoms. The highest BCUT2D eigenvalue weighted by atomic mass is 32.1. The van der Waals surface area contributed by atoms with Gasteiger partial charge in [0.05, 0.1) is 19.8 Å². The van der Waals surface area contributed by atoms with Crippen LogP contribution >= 0.6 is 11.3 Å². The van der Waals surface area contributed by atoms with E-state index in [1.807, 2.05) is 0 Å². The summed E-state index contributed by atoms with van der Waals surface area (Å²) in [5.74, 6) is -0.611. The number of thiophene rings is 1. The average molecular weight is 266 g/mol. The zero-order chi connectivity index (χ0) is 13.1. The van der Waals surface area contributed by atoms with E-state index in [2.05, 4.69) is 9.97 Å². The average Bonchev–Trinajstić information content (AvgIpc) is 2.87. The lowest BCUT2D eigenvalue weighted by atomic mass is 10.2. The zero-order valence-electron chi connectivity index (χ0n) is 9.71. The molecule has 0 radical (unpaired) electrons. The lowest BCUT2D eigenvalue weighted by Gasteiger charge is -2.06. The van der Waals surface area contributed by atoms with Gasteiger partial charge in [0.1, 0.15) is 4.88 Å². The molecule has 2 aromatic heterocycles. The quantitative estimate of drug-likeness (QED) is 0.910. The minimum Gasteiger partial charge on any atom is -0.480 e. The van der Waals surface area contributed by atoms with Crippen LogP contribution in [0, 0.1) is 0 Å². The summed E-state index contributed by atoms with van der Waals surface area (Å²) in [6.07, 6.45) is 1.54. The fourth-order valence-electron chi connectivity index (χ4n) is 1.37. The molecule has 2 rings (SSSR count). The third-order valence-corrected chi connectivity index (χ3v) is 3.30. The second-order valence-electron chi connectivity index (χ2n) is 3.25. The molecule has 2 heterocycles. The first-order chi connectivity index (χ1) is 8.65. The van der Waals surface area contributed by atoms with Gasteiger partial charge in [0.15, 0.2) is 0 Å². The fourth-order valence-corrected chi connectivity index (χ4v) is 2.22. The Labute approximate surface area is 107 Å². The van der Waals surface area contributed by atoms with Gasteiger partial charge < -0.3 is 14.6 Å². The number of ether oxygens (including phenoxy) is 2. The van der Waals surface area contributed by atoms with Crippen molar-refractivity contribution in [2.24, 2.45) is 0 Å². The number of carboxylic acids is 1. The standard InChI is InChI=1S/C11H10N2O4S/c1-16-9-6(5-12-11(13-9)17-2)7-3-4-8(18-7)10(14)15/h3-5H,1-2H3,(H,14,15). The van der Waals surface area contributed by atoms with Gasteiger partial charge in [0.25, 0.3) is 0 Å². The normalized spacial score (nSPS) is 10.1. The van der Waals surface area contributed by atoms with Crippen molar-refractivity contribution in [3.05, 3.63) is 23.2 Å². The number of aromatic carboxylic acids is 1. The molecular weight excluding hydrogens is 256 g/mol. The molecule has 94 valence electrons. The number of hydrogen-bond donors (Lipinski definition) is 1. The predicted octanol–water partition coefficient (Wildman–Crippen LogP) is 1.92. The van der Waals surface area contributed by atoms with Crippen LogP contribution in [-0.4, -0.2) is 35.3 Å². The Bertz CT molecular complexity index is 582. The molecule has 0 saturated heterocycles. The summed E-state index contributed by atoms with van der Waals surface area (Å²) in [6.45, 7) is 0. The third-order valence-electron chi connectivity index (χ3n) is 2.19. The summed E-state index contributed by atoms with van der Waals surface area (Å²) < 4.78 is 10.0. The number of carboxylic acid groups (broad SMARTS) is 1. The molecule has 0 saturated carbocycles. The van der Waals surface area contributed by atoms with Crippen molar-refractivity contribution in [3.63, 3.8) is 0 Å². The van der Waals surface area contributed by atoms with E-state index in [1.54, 1.807) is 12.3 Å². The number of nitrogens with zero attached hydrogens (tertiary/aromatic N) is 2.